The molecule has 0 saturated carbocycles. The first-order chi connectivity index (χ1) is 11.2. The molecule has 0 saturated heterocycles. The van der Waals surface area contributed by atoms with Crippen molar-refractivity contribution in [3.8, 4) is 0 Å². The lowest BCUT2D eigenvalue weighted by Crippen LogP contribution is -2.17. The topological polar surface area (TPSA) is 54.0 Å². The number of benzene rings is 1. The Morgan fingerprint density at radius 3 is 2.46 bits per heavy atom. The van der Waals surface area contributed by atoms with Gasteiger partial charge in [0.2, 0.25) is 0 Å². The smallest absolute Gasteiger partial charge is 0.368 e. The molecule has 0 aliphatic heterocycles. The first-order valence-electron chi connectivity index (χ1n) is 7.07. The summed E-state index contributed by atoms with van der Waals surface area (Å²) in [5.41, 5.74) is -1.22. The van der Waals surface area contributed by atoms with Crippen molar-refractivity contribution >= 4 is 29.0 Å². The monoisotopic (exact) mass is 357 g/mol. The third-order valence-electron chi connectivity index (χ3n) is 3.00. The minimum Gasteiger partial charge on any atom is -0.368 e. The molecule has 1 amide bonds. The Morgan fingerprint density at radius 1 is 1.21 bits per heavy atom. The first kappa shape index (κ1) is 18.1. The maximum Gasteiger partial charge on any atom is 0.418 e. The lowest BCUT2D eigenvalue weighted by molar-refractivity contribution is -0.136. The van der Waals surface area contributed by atoms with Crippen LogP contribution in [0.15, 0.2) is 36.5 Å². The number of hydrogen-bond donors (Lipinski definition) is 2. The summed E-state index contributed by atoms with van der Waals surface area (Å²) in [6.07, 6.45) is -3.33. The minimum atomic E-state index is -4.63. The molecule has 0 atom stereocenters. The van der Waals surface area contributed by atoms with Crippen LogP contribution < -0.4 is 10.6 Å². The van der Waals surface area contributed by atoms with Crippen molar-refractivity contribution in [2.24, 2.45) is 0 Å². The van der Waals surface area contributed by atoms with Crippen molar-refractivity contribution in [2.75, 3.05) is 10.6 Å². The normalized spacial score (nSPS) is 11.5. The Morgan fingerprint density at radius 2 is 1.92 bits per heavy atom. The van der Waals surface area contributed by atoms with Crippen LogP contribution in [0.4, 0.5) is 24.7 Å². The van der Waals surface area contributed by atoms with Gasteiger partial charge in [-0.05, 0) is 44.2 Å². The van der Waals surface area contributed by atoms with E-state index in [-0.39, 0.29) is 22.3 Å². The first-order valence-corrected chi connectivity index (χ1v) is 7.45. The van der Waals surface area contributed by atoms with Gasteiger partial charge in [0.05, 0.1) is 16.8 Å². The zero-order valence-corrected chi connectivity index (χ0v) is 13.7. The SMILES string of the molecule is CC(C)Nc1ccc(C(=O)Nc2ccc(Cl)cc2C(F)(F)F)cn1. The van der Waals surface area contributed by atoms with E-state index in [1.54, 1.807) is 6.07 Å². The van der Waals surface area contributed by atoms with E-state index in [0.717, 1.165) is 12.1 Å². The van der Waals surface area contributed by atoms with Gasteiger partial charge in [0.1, 0.15) is 5.82 Å². The van der Waals surface area contributed by atoms with Crippen LogP contribution in [0.2, 0.25) is 5.02 Å². The molecule has 8 heteroatoms. The van der Waals surface area contributed by atoms with E-state index in [4.69, 9.17) is 11.6 Å². The average Bonchev–Trinajstić information content (AvgIpc) is 2.48. The molecular weight excluding hydrogens is 343 g/mol. The molecule has 0 fully saturated rings. The zero-order chi connectivity index (χ0) is 17.9. The van der Waals surface area contributed by atoms with Crippen LogP contribution in [-0.2, 0) is 6.18 Å². The molecule has 1 heterocycles. The molecule has 2 rings (SSSR count). The van der Waals surface area contributed by atoms with Crippen molar-refractivity contribution < 1.29 is 18.0 Å². The molecule has 4 nitrogen and oxygen atoms in total. The second-order valence-corrected chi connectivity index (χ2v) is 5.81. The van der Waals surface area contributed by atoms with Gasteiger partial charge in [-0.15, -0.1) is 0 Å². The van der Waals surface area contributed by atoms with Crippen LogP contribution in [0.1, 0.15) is 29.8 Å². The summed E-state index contributed by atoms with van der Waals surface area (Å²) >= 11 is 5.61. The molecule has 1 aromatic carbocycles. The number of carbonyl (C=O) groups is 1. The zero-order valence-electron chi connectivity index (χ0n) is 12.9. The summed E-state index contributed by atoms with van der Waals surface area (Å²) in [5, 5.41) is 5.23. The Balaban J connectivity index is 2.21. The van der Waals surface area contributed by atoms with E-state index in [9.17, 15) is 18.0 Å². The number of rotatable bonds is 4. The summed E-state index contributed by atoms with van der Waals surface area (Å²) in [6.45, 7) is 3.86. The van der Waals surface area contributed by atoms with Gasteiger partial charge in [-0.25, -0.2) is 4.98 Å². The van der Waals surface area contributed by atoms with Crippen LogP contribution in [0.5, 0.6) is 0 Å². The molecule has 0 aliphatic rings. The molecule has 0 spiro atoms. The third-order valence-corrected chi connectivity index (χ3v) is 3.23. The largest absolute Gasteiger partial charge is 0.418 e. The average molecular weight is 358 g/mol. The van der Waals surface area contributed by atoms with Crippen LogP contribution in [0, 0.1) is 0 Å². The van der Waals surface area contributed by atoms with Gasteiger partial charge in [-0.3, -0.25) is 4.79 Å². The number of hydrogen-bond acceptors (Lipinski definition) is 3. The highest BCUT2D eigenvalue weighted by Gasteiger charge is 2.34. The van der Waals surface area contributed by atoms with Crippen LogP contribution in [-0.4, -0.2) is 16.9 Å². The van der Waals surface area contributed by atoms with Crippen LogP contribution >= 0.6 is 11.6 Å². The summed E-state index contributed by atoms with van der Waals surface area (Å²) < 4.78 is 39.1. The van der Waals surface area contributed by atoms with E-state index in [2.05, 4.69) is 15.6 Å². The van der Waals surface area contributed by atoms with E-state index in [0.29, 0.717) is 5.82 Å². The molecule has 0 aliphatic carbocycles. The Bertz CT molecular complexity index is 730. The highest BCUT2D eigenvalue weighted by Crippen LogP contribution is 2.36. The molecular formula is C16H15ClF3N3O. The van der Waals surface area contributed by atoms with Gasteiger partial charge < -0.3 is 10.6 Å². The van der Waals surface area contributed by atoms with Crippen LogP contribution in [0.3, 0.4) is 0 Å². The lowest BCUT2D eigenvalue weighted by atomic mass is 10.1. The third kappa shape index (κ3) is 4.61. The molecule has 24 heavy (non-hydrogen) atoms. The van der Waals surface area contributed by atoms with Crippen molar-refractivity contribution in [2.45, 2.75) is 26.1 Å². The van der Waals surface area contributed by atoms with Crippen molar-refractivity contribution in [3.05, 3.63) is 52.7 Å². The van der Waals surface area contributed by atoms with Gasteiger partial charge in [0.15, 0.2) is 0 Å². The number of nitrogens with zero attached hydrogens (tertiary/aromatic N) is 1. The number of nitrogens with one attached hydrogen (secondary N) is 2. The predicted molar refractivity (Wildman–Crippen MR) is 87.4 cm³/mol. The molecule has 2 N–H and O–H groups in total. The maximum atomic E-state index is 13.0. The highest BCUT2D eigenvalue weighted by atomic mass is 35.5. The summed E-state index contributed by atoms with van der Waals surface area (Å²) in [4.78, 5) is 16.2. The Kier molecular flexibility index (Phi) is 5.33. The Hall–Kier alpha value is -2.28. The molecule has 0 bridgehead atoms. The lowest BCUT2D eigenvalue weighted by Gasteiger charge is -2.14. The van der Waals surface area contributed by atoms with Gasteiger partial charge >= 0.3 is 6.18 Å². The fourth-order valence-corrected chi connectivity index (χ4v) is 2.14. The molecule has 0 radical (unpaired) electrons. The standard InChI is InChI=1S/C16H15ClF3N3O/c1-9(2)22-14-6-3-10(8-21-14)15(24)23-13-5-4-11(17)7-12(13)16(18,19)20/h3-9H,1-2H3,(H,21,22)(H,23,24). The maximum absolute atomic E-state index is 13.0. The number of amides is 1. The van der Waals surface area contributed by atoms with Gasteiger partial charge in [0.25, 0.3) is 5.91 Å². The summed E-state index contributed by atoms with van der Waals surface area (Å²) in [5.74, 6) is -0.115. The van der Waals surface area contributed by atoms with Crippen molar-refractivity contribution in [3.63, 3.8) is 0 Å². The van der Waals surface area contributed by atoms with Gasteiger partial charge in [-0.1, -0.05) is 11.6 Å². The number of halogens is 4. The van der Waals surface area contributed by atoms with Gasteiger partial charge in [-0.2, -0.15) is 13.2 Å². The quantitative estimate of drug-likeness (QED) is 0.824. The van der Waals surface area contributed by atoms with Crippen molar-refractivity contribution in [1.29, 1.82) is 0 Å². The van der Waals surface area contributed by atoms with E-state index >= 15 is 0 Å². The molecule has 0 unspecified atom stereocenters. The highest BCUT2D eigenvalue weighted by molar-refractivity contribution is 6.30. The number of aromatic nitrogens is 1. The number of carbonyl (C=O) groups excluding carboxylic acids is 1. The summed E-state index contributed by atoms with van der Waals surface area (Å²) in [7, 11) is 0. The molecule has 1 aromatic heterocycles. The minimum absolute atomic E-state index is 0.0638. The summed E-state index contributed by atoms with van der Waals surface area (Å²) in [6, 6.07) is 6.40. The number of alkyl halides is 3. The van der Waals surface area contributed by atoms with E-state index in [1.165, 1.54) is 18.3 Å². The second-order valence-electron chi connectivity index (χ2n) is 5.37. The predicted octanol–water partition coefficient (Wildman–Crippen LogP) is 4.83. The van der Waals surface area contributed by atoms with Crippen LogP contribution in [0.25, 0.3) is 0 Å². The van der Waals surface area contributed by atoms with Gasteiger partial charge in [0, 0.05) is 17.3 Å². The fraction of sp³-hybridized carbons (Fsp3) is 0.250. The fourth-order valence-electron chi connectivity index (χ4n) is 1.96. The van der Waals surface area contributed by atoms with E-state index < -0.39 is 17.6 Å². The van der Waals surface area contributed by atoms with E-state index in [1.807, 2.05) is 13.8 Å². The number of anilines is 2. The Labute approximate surface area is 142 Å². The molecule has 2 aromatic rings. The molecule has 128 valence electrons. The second kappa shape index (κ2) is 7.09. The number of pyridine rings is 1. The van der Waals surface area contributed by atoms with Crippen molar-refractivity contribution in [1.82, 2.24) is 4.98 Å².